The van der Waals surface area contributed by atoms with E-state index in [2.05, 4.69) is 15.6 Å². The molecule has 0 aliphatic heterocycles. The first-order valence-corrected chi connectivity index (χ1v) is 12.8. The minimum Gasteiger partial charge on any atom is -0.339 e. The molecule has 158 valence electrons. The highest BCUT2D eigenvalue weighted by molar-refractivity contribution is 7.98. The Labute approximate surface area is 192 Å². The third-order valence-electron chi connectivity index (χ3n) is 4.69. The van der Waals surface area contributed by atoms with E-state index in [4.69, 9.17) is 0 Å². The molecule has 0 aliphatic carbocycles. The molecule has 0 spiro atoms. The Hall–Kier alpha value is -2.68. The maximum atomic E-state index is 12.9. The highest BCUT2D eigenvalue weighted by Crippen LogP contribution is 2.26. The van der Waals surface area contributed by atoms with Gasteiger partial charge in [0.05, 0.1) is 10.6 Å². The van der Waals surface area contributed by atoms with Crippen molar-refractivity contribution in [3.8, 4) is 11.3 Å². The zero-order valence-corrected chi connectivity index (χ0v) is 19.3. The lowest BCUT2D eigenvalue weighted by atomic mass is 10.2. The molecular formula is C23H21N3O2S3. The van der Waals surface area contributed by atoms with Crippen molar-refractivity contribution in [2.24, 2.45) is 0 Å². The quantitative estimate of drug-likeness (QED) is 0.358. The van der Waals surface area contributed by atoms with Crippen molar-refractivity contribution < 1.29 is 9.59 Å². The van der Waals surface area contributed by atoms with Crippen LogP contribution in [0.5, 0.6) is 0 Å². The topological polar surface area (TPSA) is 71.1 Å². The average molecular weight is 468 g/mol. The van der Waals surface area contributed by atoms with E-state index in [-0.39, 0.29) is 11.8 Å². The molecule has 4 aromatic rings. The van der Waals surface area contributed by atoms with Crippen LogP contribution in [-0.2, 0) is 4.79 Å². The summed E-state index contributed by atoms with van der Waals surface area (Å²) in [5, 5.41) is 9.25. The molecule has 31 heavy (non-hydrogen) atoms. The first kappa shape index (κ1) is 21.5. The van der Waals surface area contributed by atoms with Gasteiger partial charge in [-0.05, 0) is 35.9 Å². The molecule has 0 fully saturated rings. The summed E-state index contributed by atoms with van der Waals surface area (Å²) in [6.45, 7) is 0. The van der Waals surface area contributed by atoms with Gasteiger partial charge in [-0.3, -0.25) is 9.59 Å². The molecule has 2 heterocycles. The number of hydrogen-bond acceptors (Lipinski definition) is 6. The molecule has 8 heteroatoms. The van der Waals surface area contributed by atoms with Crippen molar-refractivity contribution in [3.05, 3.63) is 70.9 Å². The largest absolute Gasteiger partial charge is 0.339 e. The van der Waals surface area contributed by atoms with Crippen LogP contribution >= 0.6 is 34.4 Å². The molecule has 0 bridgehead atoms. The number of benzene rings is 2. The van der Waals surface area contributed by atoms with Crippen LogP contribution in [0.2, 0.25) is 0 Å². The zero-order valence-electron chi connectivity index (χ0n) is 16.8. The van der Waals surface area contributed by atoms with Crippen LogP contribution in [0.1, 0.15) is 16.1 Å². The number of rotatable bonds is 8. The van der Waals surface area contributed by atoms with Gasteiger partial charge in [0.15, 0.2) is 5.13 Å². The van der Waals surface area contributed by atoms with E-state index in [0.29, 0.717) is 16.4 Å². The number of thioether (sulfide) groups is 1. The van der Waals surface area contributed by atoms with Crippen LogP contribution < -0.4 is 10.6 Å². The molecule has 1 atom stereocenters. The number of nitrogens with zero attached hydrogens (tertiary/aromatic N) is 1. The fourth-order valence-corrected chi connectivity index (χ4v) is 5.25. The Morgan fingerprint density at radius 3 is 2.65 bits per heavy atom. The van der Waals surface area contributed by atoms with Crippen molar-refractivity contribution >= 4 is 61.5 Å². The minimum absolute atomic E-state index is 0.230. The zero-order chi connectivity index (χ0) is 21.6. The van der Waals surface area contributed by atoms with Crippen molar-refractivity contribution in [1.82, 2.24) is 10.3 Å². The van der Waals surface area contributed by atoms with Gasteiger partial charge >= 0.3 is 0 Å². The molecule has 2 aromatic carbocycles. The van der Waals surface area contributed by atoms with Crippen LogP contribution in [-0.4, -0.2) is 34.8 Å². The Morgan fingerprint density at radius 1 is 1.10 bits per heavy atom. The second-order valence-corrected chi connectivity index (χ2v) is 9.78. The molecule has 5 nitrogen and oxygen atoms in total. The second kappa shape index (κ2) is 10.1. The molecule has 2 amide bonds. The number of aromatic nitrogens is 1. The van der Waals surface area contributed by atoms with Gasteiger partial charge in [0, 0.05) is 15.6 Å². The summed E-state index contributed by atoms with van der Waals surface area (Å²) in [6, 6.07) is 18.9. The first-order chi connectivity index (χ1) is 15.1. The van der Waals surface area contributed by atoms with Gasteiger partial charge in [0.1, 0.15) is 6.04 Å². The van der Waals surface area contributed by atoms with Gasteiger partial charge < -0.3 is 10.6 Å². The third kappa shape index (κ3) is 5.33. The maximum absolute atomic E-state index is 12.9. The highest BCUT2D eigenvalue weighted by Gasteiger charge is 2.23. The molecule has 0 saturated heterocycles. The monoisotopic (exact) mass is 467 g/mol. The lowest BCUT2D eigenvalue weighted by Gasteiger charge is -2.17. The van der Waals surface area contributed by atoms with Gasteiger partial charge in [-0.1, -0.05) is 48.5 Å². The van der Waals surface area contributed by atoms with E-state index < -0.39 is 6.04 Å². The number of thiazole rings is 1. The Kier molecular flexibility index (Phi) is 7.01. The Bertz CT molecular complexity index is 1150. The molecule has 0 saturated carbocycles. The minimum atomic E-state index is -0.630. The third-order valence-corrected chi connectivity index (χ3v) is 7.20. The smallest absolute Gasteiger partial charge is 0.262 e. The van der Waals surface area contributed by atoms with E-state index in [1.54, 1.807) is 11.8 Å². The Morgan fingerprint density at radius 2 is 1.87 bits per heavy atom. The van der Waals surface area contributed by atoms with Crippen molar-refractivity contribution in [3.63, 3.8) is 0 Å². The summed E-state index contributed by atoms with van der Waals surface area (Å²) < 4.78 is 1.05. The van der Waals surface area contributed by atoms with Gasteiger partial charge in [0.2, 0.25) is 5.91 Å². The second-order valence-electron chi connectivity index (χ2n) is 6.85. The summed E-state index contributed by atoms with van der Waals surface area (Å²) >= 11 is 4.44. The summed E-state index contributed by atoms with van der Waals surface area (Å²) in [5.41, 5.74) is 1.81. The van der Waals surface area contributed by atoms with Gasteiger partial charge in [-0.25, -0.2) is 4.98 Å². The first-order valence-electron chi connectivity index (χ1n) is 9.74. The number of hydrogen-bond donors (Lipinski definition) is 2. The van der Waals surface area contributed by atoms with Crippen LogP contribution in [0.3, 0.4) is 0 Å². The number of amides is 2. The molecule has 4 rings (SSSR count). The van der Waals surface area contributed by atoms with Gasteiger partial charge in [0.25, 0.3) is 5.91 Å². The summed E-state index contributed by atoms with van der Waals surface area (Å²) in [5.74, 6) is 0.279. The molecule has 1 unspecified atom stereocenters. The number of carbonyl (C=O) groups excluding carboxylic acids is 2. The summed E-state index contributed by atoms with van der Waals surface area (Å²) in [7, 11) is 0. The van der Waals surface area contributed by atoms with Gasteiger partial charge in [-0.2, -0.15) is 11.8 Å². The molecule has 2 N–H and O–H groups in total. The molecular weight excluding hydrogens is 446 g/mol. The number of thiophene rings is 1. The van der Waals surface area contributed by atoms with Crippen LogP contribution in [0.4, 0.5) is 5.13 Å². The summed E-state index contributed by atoms with van der Waals surface area (Å²) in [4.78, 5) is 30.9. The average Bonchev–Trinajstić information content (AvgIpc) is 3.44. The number of fused-ring (bicyclic) bond motifs is 1. The van der Waals surface area contributed by atoms with E-state index in [1.165, 1.54) is 22.7 Å². The standard InChI is InChI=1S/C23H21N3O2S3/c1-29-12-11-17(24-22(28)20-13-16-9-5-6-10-19(16)31-20)21(27)26-23-25-18(14-30-23)15-7-3-2-4-8-15/h2-10,13-14,17H,11-12H2,1H3,(H,24,28)(H,25,26,27). The lowest BCUT2D eigenvalue weighted by Crippen LogP contribution is -2.44. The molecule has 0 aliphatic rings. The van der Waals surface area contributed by atoms with Gasteiger partial charge in [-0.15, -0.1) is 22.7 Å². The fraction of sp³-hybridized carbons (Fsp3) is 0.174. The molecule has 2 aromatic heterocycles. The van der Waals surface area contributed by atoms with E-state index >= 15 is 0 Å². The SMILES string of the molecule is CSCCC(NC(=O)c1cc2ccccc2s1)C(=O)Nc1nc(-c2ccccc2)cs1. The predicted octanol–water partition coefficient (Wildman–Crippen LogP) is 5.52. The lowest BCUT2D eigenvalue weighted by molar-refractivity contribution is -0.118. The number of anilines is 1. The van der Waals surface area contributed by atoms with Crippen LogP contribution in [0.15, 0.2) is 66.0 Å². The highest BCUT2D eigenvalue weighted by atomic mass is 32.2. The normalized spacial score (nSPS) is 11.9. The van der Waals surface area contributed by atoms with Crippen LogP contribution in [0, 0.1) is 0 Å². The maximum Gasteiger partial charge on any atom is 0.262 e. The van der Waals surface area contributed by atoms with Crippen molar-refractivity contribution in [1.29, 1.82) is 0 Å². The van der Waals surface area contributed by atoms with Crippen LogP contribution in [0.25, 0.3) is 21.3 Å². The van der Waals surface area contributed by atoms with Crippen molar-refractivity contribution in [2.75, 3.05) is 17.3 Å². The Balaban J connectivity index is 1.46. The predicted molar refractivity (Wildman–Crippen MR) is 132 cm³/mol. The number of carbonyl (C=O) groups is 2. The van der Waals surface area contributed by atoms with E-state index in [1.807, 2.05) is 72.3 Å². The fourth-order valence-electron chi connectivity index (χ4n) is 3.09. The summed E-state index contributed by atoms with van der Waals surface area (Å²) in [6.07, 6.45) is 2.52. The number of nitrogens with one attached hydrogen (secondary N) is 2. The van der Waals surface area contributed by atoms with E-state index in [9.17, 15) is 9.59 Å². The molecule has 0 radical (unpaired) electrons. The van der Waals surface area contributed by atoms with E-state index in [0.717, 1.165) is 27.1 Å². The van der Waals surface area contributed by atoms with Crippen molar-refractivity contribution in [2.45, 2.75) is 12.5 Å².